The van der Waals surface area contributed by atoms with Crippen LogP contribution in [0.1, 0.15) is 10.4 Å². The number of amides is 1. The summed E-state index contributed by atoms with van der Waals surface area (Å²) in [7, 11) is 1.61. The minimum atomic E-state index is -0.185. The van der Waals surface area contributed by atoms with Gasteiger partial charge < -0.3 is 21.1 Å². The fourth-order valence-electron chi connectivity index (χ4n) is 1.81. The van der Waals surface area contributed by atoms with Crippen molar-refractivity contribution in [2.24, 2.45) is 10.7 Å². The number of aromatic nitrogens is 1. The molecule has 7 heteroatoms. The summed E-state index contributed by atoms with van der Waals surface area (Å²) < 4.78 is 5.08. The van der Waals surface area contributed by atoms with E-state index in [2.05, 4.69) is 20.6 Å². The average Bonchev–Trinajstić information content (AvgIpc) is 2.60. The monoisotopic (exact) mass is 313 g/mol. The number of methoxy groups -OCH3 is 1. The van der Waals surface area contributed by atoms with E-state index in [1.54, 1.807) is 25.4 Å². The molecule has 0 saturated heterocycles. The molecule has 7 nitrogen and oxygen atoms in total. The van der Waals surface area contributed by atoms with Gasteiger partial charge in [0.1, 0.15) is 5.75 Å². The van der Waals surface area contributed by atoms with E-state index in [1.807, 2.05) is 24.3 Å². The van der Waals surface area contributed by atoms with Gasteiger partial charge >= 0.3 is 0 Å². The second-order valence-corrected chi connectivity index (χ2v) is 4.62. The van der Waals surface area contributed by atoms with Gasteiger partial charge in [0.05, 0.1) is 19.2 Å². The molecule has 1 aromatic heterocycles. The van der Waals surface area contributed by atoms with Gasteiger partial charge in [-0.25, -0.2) is 0 Å². The summed E-state index contributed by atoms with van der Waals surface area (Å²) in [6, 6.07) is 10.7. The maximum Gasteiger partial charge on any atom is 0.252 e. The van der Waals surface area contributed by atoms with Crippen molar-refractivity contribution in [1.29, 1.82) is 0 Å². The highest BCUT2D eigenvalue weighted by atomic mass is 16.5. The Balaban J connectivity index is 1.75. The van der Waals surface area contributed by atoms with Crippen LogP contribution in [0.2, 0.25) is 0 Å². The van der Waals surface area contributed by atoms with Crippen molar-refractivity contribution >= 4 is 17.6 Å². The van der Waals surface area contributed by atoms with Crippen molar-refractivity contribution in [2.75, 3.05) is 25.5 Å². The number of anilines is 1. The lowest BCUT2D eigenvalue weighted by atomic mass is 10.3. The molecule has 0 aliphatic heterocycles. The Morgan fingerprint density at radius 1 is 1.30 bits per heavy atom. The molecule has 2 aromatic rings. The lowest BCUT2D eigenvalue weighted by molar-refractivity contribution is 0.0954. The largest absolute Gasteiger partial charge is 0.497 e. The summed E-state index contributed by atoms with van der Waals surface area (Å²) in [5.74, 6) is 0.866. The summed E-state index contributed by atoms with van der Waals surface area (Å²) in [6.07, 6.45) is 3.13. The number of guanidine groups is 1. The first-order valence-corrected chi connectivity index (χ1v) is 7.08. The summed E-state index contributed by atoms with van der Waals surface area (Å²) >= 11 is 0. The molecule has 120 valence electrons. The molecular weight excluding hydrogens is 294 g/mol. The van der Waals surface area contributed by atoms with Gasteiger partial charge in [0.15, 0.2) is 5.96 Å². The number of hydrogen-bond donors (Lipinski definition) is 3. The Morgan fingerprint density at radius 2 is 2.09 bits per heavy atom. The van der Waals surface area contributed by atoms with E-state index >= 15 is 0 Å². The van der Waals surface area contributed by atoms with Gasteiger partial charge in [0.2, 0.25) is 0 Å². The molecule has 1 amide bonds. The van der Waals surface area contributed by atoms with E-state index in [-0.39, 0.29) is 11.9 Å². The Kier molecular flexibility index (Phi) is 5.93. The van der Waals surface area contributed by atoms with Crippen molar-refractivity contribution in [3.8, 4) is 5.75 Å². The van der Waals surface area contributed by atoms with Crippen LogP contribution in [-0.2, 0) is 0 Å². The third-order valence-corrected chi connectivity index (χ3v) is 2.97. The fraction of sp³-hybridized carbons (Fsp3) is 0.188. The van der Waals surface area contributed by atoms with Gasteiger partial charge in [0, 0.05) is 24.6 Å². The van der Waals surface area contributed by atoms with Crippen LogP contribution in [-0.4, -0.2) is 37.1 Å². The minimum Gasteiger partial charge on any atom is -0.497 e. The van der Waals surface area contributed by atoms with Crippen molar-refractivity contribution in [3.05, 3.63) is 54.4 Å². The highest BCUT2D eigenvalue weighted by Gasteiger charge is 2.03. The number of rotatable bonds is 6. The Morgan fingerprint density at radius 3 is 2.74 bits per heavy atom. The first-order valence-electron chi connectivity index (χ1n) is 7.08. The number of carbonyl (C=O) groups is 1. The van der Waals surface area contributed by atoms with Gasteiger partial charge in [-0.1, -0.05) is 0 Å². The lowest BCUT2D eigenvalue weighted by Gasteiger charge is -2.07. The standard InChI is InChI=1S/C16H19N5O2/c1-23-14-6-4-13(5-7-14)21-16(17)20-10-9-19-15(22)12-3-2-8-18-11-12/h2-8,11H,9-10H2,1H3,(H,19,22)(H3,17,20,21). The van der Waals surface area contributed by atoms with Gasteiger partial charge in [-0.15, -0.1) is 0 Å². The lowest BCUT2D eigenvalue weighted by Crippen LogP contribution is -2.28. The van der Waals surface area contributed by atoms with E-state index in [0.717, 1.165) is 11.4 Å². The molecule has 1 aromatic carbocycles. The summed E-state index contributed by atoms with van der Waals surface area (Å²) in [6.45, 7) is 0.764. The number of nitrogens with zero attached hydrogens (tertiary/aromatic N) is 2. The van der Waals surface area contributed by atoms with Gasteiger partial charge in [0.25, 0.3) is 5.91 Å². The van der Waals surface area contributed by atoms with Crippen LogP contribution in [0.3, 0.4) is 0 Å². The number of aliphatic imine (C=N–C) groups is 1. The first kappa shape index (κ1) is 16.3. The van der Waals surface area contributed by atoms with Crippen LogP contribution in [0.4, 0.5) is 5.69 Å². The Bertz CT molecular complexity index is 656. The van der Waals surface area contributed by atoms with Crippen LogP contribution < -0.4 is 21.1 Å². The zero-order valence-corrected chi connectivity index (χ0v) is 12.8. The van der Waals surface area contributed by atoms with Crippen LogP contribution in [0, 0.1) is 0 Å². The molecule has 2 rings (SSSR count). The molecule has 4 N–H and O–H groups in total. The van der Waals surface area contributed by atoms with Crippen LogP contribution in [0.25, 0.3) is 0 Å². The summed E-state index contributed by atoms with van der Waals surface area (Å²) in [4.78, 5) is 19.8. The quantitative estimate of drug-likeness (QED) is 0.423. The zero-order valence-electron chi connectivity index (χ0n) is 12.8. The predicted molar refractivity (Wildman–Crippen MR) is 89.7 cm³/mol. The summed E-state index contributed by atoms with van der Waals surface area (Å²) in [5, 5.41) is 5.71. The van der Waals surface area contributed by atoms with E-state index in [9.17, 15) is 4.79 Å². The van der Waals surface area contributed by atoms with E-state index in [0.29, 0.717) is 18.7 Å². The third kappa shape index (κ3) is 5.31. The first-order chi connectivity index (χ1) is 11.2. The van der Waals surface area contributed by atoms with Crippen molar-refractivity contribution < 1.29 is 9.53 Å². The van der Waals surface area contributed by atoms with E-state index < -0.39 is 0 Å². The van der Waals surface area contributed by atoms with Gasteiger partial charge in [-0.05, 0) is 36.4 Å². The highest BCUT2D eigenvalue weighted by Crippen LogP contribution is 2.14. The van der Waals surface area contributed by atoms with E-state index in [1.165, 1.54) is 6.20 Å². The average molecular weight is 313 g/mol. The Hall–Kier alpha value is -3.09. The molecule has 0 saturated carbocycles. The number of benzene rings is 1. The number of nitrogens with one attached hydrogen (secondary N) is 2. The number of nitrogens with two attached hydrogens (primary N) is 1. The maximum absolute atomic E-state index is 11.8. The molecular formula is C16H19N5O2. The molecule has 0 unspecified atom stereocenters. The molecule has 0 fully saturated rings. The fourth-order valence-corrected chi connectivity index (χ4v) is 1.81. The molecule has 1 heterocycles. The van der Waals surface area contributed by atoms with Crippen molar-refractivity contribution in [3.63, 3.8) is 0 Å². The molecule has 0 aliphatic rings. The second kappa shape index (κ2) is 8.38. The molecule has 0 atom stereocenters. The number of pyridine rings is 1. The molecule has 0 bridgehead atoms. The SMILES string of the molecule is COc1ccc(NC(N)=NCCNC(=O)c2cccnc2)cc1. The van der Waals surface area contributed by atoms with Gasteiger partial charge in [-0.3, -0.25) is 14.8 Å². The number of carbonyl (C=O) groups excluding carboxylic acids is 1. The van der Waals surface area contributed by atoms with Crippen molar-refractivity contribution in [2.45, 2.75) is 0 Å². The molecule has 0 aliphatic carbocycles. The second-order valence-electron chi connectivity index (χ2n) is 4.62. The molecule has 0 spiro atoms. The summed E-state index contributed by atoms with van der Waals surface area (Å²) in [5.41, 5.74) is 7.12. The number of hydrogen-bond acceptors (Lipinski definition) is 4. The number of ether oxygens (including phenoxy) is 1. The topological polar surface area (TPSA) is 102 Å². The molecule has 23 heavy (non-hydrogen) atoms. The maximum atomic E-state index is 11.8. The highest BCUT2D eigenvalue weighted by molar-refractivity contribution is 5.94. The Labute approximate surface area is 134 Å². The normalized spacial score (nSPS) is 10.9. The van der Waals surface area contributed by atoms with Crippen molar-refractivity contribution in [1.82, 2.24) is 10.3 Å². The molecule has 0 radical (unpaired) electrons. The van der Waals surface area contributed by atoms with Crippen LogP contribution in [0.15, 0.2) is 53.8 Å². The van der Waals surface area contributed by atoms with Crippen LogP contribution in [0.5, 0.6) is 5.75 Å². The van der Waals surface area contributed by atoms with E-state index in [4.69, 9.17) is 10.5 Å². The third-order valence-electron chi connectivity index (χ3n) is 2.97. The smallest absolute Gasteiger partial charge is 0.252 e. The van der Waals surface area contributed by atoms with Crippen LogP contribution >= 0.6 is 0 Å². The minimum absolute atomic E-state index is 0.185. The van der Waals surface area contributed by atoms with Gasteiger partial charge in [-0.2, -0.15) is 0 Å². The predicted octanol–water partition coefficient (Wildman–Crippen LogP) is 1.25. The zero-order chi connectivity index (χ0) is 16.5.